The summed E-state index contributed by atoms with van der Waals surface area (Å²) in [7, 11) is 0. The highest BCUT2D eigenvalue weighted by Gasteiger charge is 2.34. The van der Waals surface area contributed by atoms with Gasteiger partial charge in [-0.25, -0.2) is 0 Å². The molecule has 5 heteroatoms. The first-order valence-electron chi connectivity index (χ1n) is 8.94. The summed E-state index contributed by atoms with van der Waals surface area (Å²) in [4.78, 5) is 7.24. The van der Waals surface area contributed by atoms with Crippen molar-refractivity contribution in [1.29, 1.82) is 0 Å². The Morgan fingerprint density at radius 2 is 1.91 bits per heavy atom. The van der Waals surface area contributed by atoms with Crippen LogP contribution in [0.5, 0.6) is 0 Å². The maximum atomic E-state index is 6.04. The topological polar surface area (TPSA) is 62.9 Å². The molecule has 0 aromatic carbocycles. The minimum absolute atomic E-state index is 0.319. The Bertz CT molecular complexity index is 345. The highest BCUT2D eigenvalue weighted by molar-refractivity contribution is 5.77. The second-order valence-corrected chi connectivity index (χ2v) is 7.43. The fourth-order valence-electron chi connectivity index (χ4n) is 3.52. The number of rotatable bonds is 6. The van der Waals surface area contributed by atoms with E-state index < -0.39 is 0 Å². The van der Waals surface area contributed by atoms with Crippen LogP contribution in [0.4, 0.5) is 0 Å². The molecular formula is C17H34N4O. The van der Waals surface area contributed by atoms with Gasteiger partial charge in [0.2, 0.25) is 0 Å². The summed E-state index contributed by atoms with van der Waals surface area (Å²) < 4.78 is 5.48. The molecule has 0 radical (unpaired) electrons. The lowest BCUT2D eigenvalue weighted by molar-refractivity contribution is 0.00938. The number of aliphatic imine (C=N–C) groups is 1. The largest absolute Gasteiger partial charge is 0.379 e. The van der Waals surface area contributed by atoms with Gasteiger partial charge in [0.1, 0.15) is 0 Å². The van der Waals surface area contributed by atoms with Crippen LogP contribution < -0.4 is 11.1 Å². The van der Waals surface area contributed by atoms with E-state index in [1.807, 2.05) is 0 Å². The lowest BCUT2D eigenvalue weighted by Gasteiger charge is -2.41. The zero-order chi connectivity index (χ0) is 15.8. The molecule has 0 amide bonds. The summed E-state index contributed by atoms with van der Waals surface area (Å²) in [6.07, 6.45) is 6.60. The molecule has 2 aliphatic rings. The fourth-order valence-corrected chi connectivity index (χ4v) is 3.52. The van der Waals surface area contributed by atoms with E-state index in [9.17, 15) is 0 Å². The highest BCUT2D eigenvalue weighted by atomic mass is 16.5. The van der Waals surface area contributed by atoms with Crippen LogP contribution in [0.15, 0.2) is 4.99 Å². The maximum Gasteiger partial charge on any atom is 0.188 e. The number of nitrogens with zero attached hydrogens (tertiary/aromatic N) is 2. The lowest BCUT2D eigenvalue weighted by atomic mass is 9.73. The monoisotopic (exact) mass is 310 g/mol. The molecule has 5 nitrogen and oxygen atoms in total. The van der Waals surface area contributed by atoms with E-state index in [-0.39, 0.29) is 0 Å². The van der Waals surface area contributed by atoms with E-state index in [1.165, 1.54) is 32.1 Å². The molecule has 1 saturated heterocycles. The molecule has 0 spiro atoms. The molecule has 1 aliphatic carbocycles. The van der Waals surface area contributed by atoms with Gasteiger partial charge in [-0.3, -0.25) is 9.89 Å². The van der Waals surface area contributed by atoms with Gasteiger partial charge in [-0.1, -0.05) is 33.1 Å². The minimum atomic E-state index is 0.319. The van der Waals surface area contributed by atoms with Crippen molar-refractivity contribution in [3.8, 4) is 0 Å². The Labute approximate surface area is 135 Å². The van der Waals surface area contributed by atoms with E-state index >= 15 is 0 Å². The van der Waals surface area contributed by atoms with Gasteiger partial charge in [0.05, 0.1) is 13.2 Å². The van der Waals surface area contributed by atoms with Crippen molar-refractivity contribution in [3.05, 3.63) is 0 Å². The molecule has 1 saturated carbocycles. The molecular weight excluding hydrogens is 276 g/mol. The number of ether oxygens (including phenoxy) is 1. The smallest absolute Gasteiger partial charge is 0.188 e. The van der Waals surface area contributed by atoms with E-state index in [1.54, 1.807) is 0 Å². The second kappa shape index (κ2) is 8.73. The van der Waals surface area contributed by atoms with E-state index in [0.717, 1.165) is 45.9 Å². The Kier molecular flexibility index (Phi) is 6.96. The van der Waals surface area contributed by atoms with Crippen LogP contribution in [0.1, 0.15) is 46.0 Å². The van der Waals surface area contributed by atoms with Gasteiger partial charge in [-0.2, -0.15) is 0 Å². The van der Waals surface area contributed by atoms with Crippen molar-refractivity contribution in [3.63, 3.8) is 0 Å². The van der Waals surface area contributed by atoms with Gasteiger partial charge in [-0.05, 0) is 18.8 Å². The molecule has 0 unspecified atom stereocenters. The van der Waals surface area contributed by atoms with Crippen molar-refractivity contribution < 1.29 is 4.74 Å². The molecule has 0 atom stereocenters. The zero-order valence-electron chi connectivity index (χ0n) is 14.4. The lowest BCUT2D eigenvalue weighted by Crippen LogP contribution is -2.46. The zero-order valence-corrected chi connectivity index (χ0v) is 14.4. The standard InChI is InChI=1S/C17H34N4O/c1-15(2)12-19-16(18)20-13-17(6-4-3-5-7-17)14-21-8-10-22-11-9-21/h15H,3-14H2,1-2H3,(H3,18,19,20). The van der Waals surface area contributed by atoms with Gasteiger partial charge < -0.3 is 15.8 Å². The van der Waals surface area contributed by atoms with Crippen LogP contribution in [-0.2, 0) is 4.74 Å². The minimum Gasteiger partial charge on any atom is -0.379 e. The van der Waals surface area contributed by atoms with E-state index in [4.69, 9.17) is 10.5 Å². The van der Waals surface area contributed by atoms with E-state index in [0.29, 0.717) is 17.3 Å². The summed E-state index contributed by atoms with van der Waals surface area (Å²) in [5, 5.41) is 3.24. The van der Waals surface area contributed by atoms with Gasteiger partial charge >= 0.3 is 0 Å². The Morgan fingerprint density at radius 3 is 2.55 bits per heavy atom. The fraction of sp³-hybridized carbons (Fsp3) is 0.941. The van der Waals surface area contributed by atoms with Crippen LogP contribution in [0.3, 0.4) is 0 Å². The summed E-state index contributed by atoms with van der Waals surface area (Å²) in [6, 6.07) is 0. The summed E-state index contributed by atoms with van der Waals surface area (Å²) in [5.74, 6) is 1.20. The third kappa shape index (κ3) is 5.76. The van der Waals surface area contributed by atoms with E-state index in [2.05, 4.69) is 29.1 Å². The van der Waals surface area contributed by atoms with Gasteiger partial charge in [0, 0.05) is 38.1 Å². The molecule has 2 rings (SSSR count). The molecule has 1 aliphatic heterocycles. The molecule has 0 aromatic rings. The van der Waals surface area contributed by atoms with Crippen LogP contribution in [-0.4, -0.2) is 56.8 Å². The Morgan fingerprint density at radius 1 is 1.23 bits per heavy atom. The third-order valence-electron chi connectivity index (χ3n) is 4.85. The number of hydrogen-bond acceptors (Lipinski definition) is 3. The van der Waals surface area contributed by atoms with Crippen LogP contribution in [0, 0.1) is 11.3 Å². The summed E-state index contributed by atoms with van der Waals surface area (Å²) >= 11 is 0. The highest BCUT2D eigenvalue weighted by Crippen LogP contribution is 2.37. The number of guanidine groups is 1. The van der Waals surface area contributed by atoms with Crippen LogP contribution in [0.25, 0.3) is 0 Å². The Balaban J connectivity index is 1.91. The number of nitrogens with one attached hydrogen (secondary N) is 1. The number of hydrogen-bond donors (Lipinski definition) is 2. The maximum absolute atomic E-state index is 6.04. The Hall–Kier alpha value is -0.810. The average Bonchev–Trinajstić information content (AvgIpc) is 2.53. The van der Waals surface area contributed by atoms with Gasteiger partial charge in [0.25, 0.3) is 0 Å². The molecule has 0 aromatic heterocycles. The van der Waals surface area contributed by atoms with Crippen molar-refractivity contribution in [2.45, 2.75) is 46.0 Å². The van der Waals surface area contributed by atoms with Gasteiger partial charge in [0.15, 0.2) is 5.96 Å². The average molecular weight is 310 g/mol. The second-order valence-electron chi connectivity index (χ2n) is 7.43. The van der Waals surface area contributed by atoms with Crippen molar-refractivity contribution >= 4 is 5.96 Å². The molecule has 3 N–H and O–H groups in total. The molecule has 128 valence electrons. The number of nitrogens with two attached hydrogens (primary N) is 1. The van der Waals surface area contributed by atoms with Crippen molar-refractivity contribution in [1.82, 2.24) is 10.2 Å². The van der Waals surface area contributed by atoms with Gasteiger partial charge in [-0.15, -0.1) is 0 Å². The predicted molar refractivity (Wildman–Crippen MR) is 92.1 cm³/mol. The van der Waals surface area contributed by atoms with Crippen LogP contribution in [0.2, 0.25) is 0 Å². The number of morpholine rings is 1. The first-order chi connectivity index (χ1) is 10.6. The normalized spacial score (nSPS) is 23.7. The summed E-state index contributed by atoms with van der Waals surface area (Å²) in [6.45, 7) is 11.1. The predicted octanol–water partition coefficient (Wildman–Crippen LogP) is 1.83. The first kappa shape index (κ1) is 17.5. The first-order valence-corrected chi connectivity index (χ1v) is 8.94. The molecule has 1 heterocycles. The molecule has 22 heavy (non-hydrogen) atoms. The third-order valence-corrected chi connectivity index (χ3v) is 4.85. The summed E-state index contributed by atoms with van der Waals surface area (Å²) in [5.41, 5.74) is 6.36. The molecule has 2 fully saturated rings. The van der Waals surface area contributed by atoms with Crippen molar-refractivity contribution in [2.75, 3.05) is 45.9 Å². The SMILES string of the molecule is CC(C)CNC(N)=NCC1(CN2CCOCC2)CCCCC1. The van der Waals surface area contributed by atoms with Crippen molar-refractivity contribution in [2.24, 2.45) is 22.1 Å². The molecule has 0 bridgehead atoms. The van der Waals surface area contributed by atoms with Crippen LogP contribution >= 0.6 is 0 Å². The quantitative estimate of drug-likeness (QED) is 0.580.